The zero-order valence-electron chi connectivity index (χ0n) is 16.6. The van der Waals surface area contributed by atoms with Gasteiger partial charge in [-0.15, -0.1) is 0 Å². The van der Waals surface area contributed by atoms with Gasteiger partial charge in [-0.3, -0.25) is 33.9 Å². The van der Waals surface area contributed by atoms with E-state index in [9.17, 15) is 24.0 Å². The number of fused-ring (bicyclic) bond motifs is 1. The van der Waals surface area contributed by atoms with Crippen LogP contribution in [0.2, 0.25) is 0 Å². The van der Waals surface area contributed by atoms with E-state index in [1.807, 2.05) is 0 Å². The van der Waals surface area contributed by atoms with Crippen molar-refractivity contribution in [3.8, 4) is 0 Å². The minimum Gasteiger partial charge on any atom is -0.370 e. The molecule has 1 aliphatic heterocycles. The lowest BCUT2D eigenvalue weighted by atomic mass is 10.1. The van der Waals surface area contributed by atoms with Gasteiger partial charge < -0.3 is 11.1 Å². The third kappa shape index (κ3) is 4.53. The predicted molar refractivity (Wildman–Crippen MR) is 108 cm³/mol. The zero-order valence-corrected chi connectivity index (χ0v) is 16.6. The van der Waals surface area contributed by atoms with Crippen molar-refractivity contribution in [2.24, 2.45) is 5.73 Å². The maximum atomic E-state index is 13.3. The summed E-state index contributed by atoms with van der Waals surface area (Å²) in [5.74, 6) is -1.30. The first-order valence-corrected chi connectivity index (χ1v) is 9.71. The van der Waals surface area contributed by atoms with Gasteiger partial charge in [0.2, 0.25) is 23.6 Å². The molecule has 1 atom stereocenters. The Balaban J connectivity index is 1.90. The summed E-state index contributed by atoms with van der Waals surface area (Å²) in [5, 5.41) is 5.16. The Morgan fingerprint density at radius 1 is 1.23 bits per heavy atom. The van der Waals surface area contributed by atoms with E-state index in [1.165, 1.54) is 4.57 Å². The van der Waals surface area contributed by atoms with Crippen LogP contribution in [-0.2, 0) is 19.2 Å². The molecule has 0 radical (unpaired) electrons. The Morgan fingerprint density at radius 3 is 2.67 bits per heavy atom. The lowest BCUT2D eigenvalue weighted by Gasteiger charge is -2.24. The molecule has 1 unspecified atom stereocenters. The summed E-state index contributed by atoms with van der Waals surface area (Å²) in [6, 6.07) is 4.08. The lowest BCUT2D eigenvalue weighted by molar-refractivity contribution is -0.136. The number of rotatable bonds is 7. The molecule has 1 aromatic carbocycles. The number of carbonyl (C=O) groups excluding carboxylic acids is 4. The van der Waals surface area contributed by atoms with Crippen molar-refractivity contribution < 1.29 is 19.2 Å². The number of primary amides is 1. The molecule has 0 aliphatic carbocycles. The molecule has 2 heterocycles. The first kappa shape index (κ1) is 21.2. The number of nitrogens with zero attached hydrogens (tertiary/aromatic N) is 2. The molecule has 158 valence electrons. The van der Waals surface area contributed by atoms with Crippen molar-refractivity contribution >= 4 is 40.2 Å². The second-order valence-corrected chi connectivity index (χ2v) is 7.22. The Kier molecular flexibility index (Phi) is 6.24. The smallest absolute Gasteiger partial charge is 0.264 e. The molecule has 3 rings (SSSR count). The van der Waals surface area contributed by atoms with Gasteiger partial charge in [0.05, 0.1) is 16.6 Å². The number of nitrogens with one attached hydrogen (secondary N) is 2. The average Bonchev–Trinajstić information content (AvgIpc) is 2.66. The molecule has 1 fully saturated rings. The van der Waals surface area contributed by atoms with Crippen LogP contribution in [0, 0.1) is 6.92 Å². The molecule has 0 saturated carbocycles. The van der Waals surface area contributed by atoms with Gasteiger partial charge in [-0.1, -0.05) is 6.07 Å². The molecule has 1 aromatic heterocycles. The van der Waals surface area contributed by atoms with E-state index in [2.05, 4.69) is 15.6 Å². The highest BCUT2D eigenvalue weighted by molar-refractivity contribution is 6.01. The molecule has 0 bridgehead atoms. The van der Waals surface area contributed by atoms with E-state index in [-0.39, 0.29) is 42.9 Å². The zero-order chi connectivity index (χ0) is 21.8. The van der Waals surface area contributed by atoms with Crippen LogP contribution in [0.3, 0.4) is 0 Å². The Labute approximate surface area is 171 Å². The summed E-state index contributed by atoms with van der Waals surface area (Å²) < 4.78 is 1.27. The summed E-state index contributed by atoms with van der Waals surface area (Å²) in [6.07, 6.45) is 1.70. The van der Waals surface area contributed by atoms with Gasteiger partial charge in [0.25, 0.3) is 5.56 Å². The summed E-state index contributed by atoms with van der Waals surface area (Å²) in [6.45, 7) is 1.62. The molecular formula is C20H23N5O5. The molecule has 1 saturated heterocycles. The number of hydrogen-bond acceptors (Lipinski definition) is 6. The molecule has 10 heteroatoms. The monoisotopic (exact) mass is 413 g/mol. The summed E-state index contributed by atoms with van der Waals surface area (Å²) in [7, 11) is 0. The second-order valence-electron chi connectivity index (χ2n) is 7.22. The minimum atomic E-state index is -0.843. The molecule has 30 heavy (non-hydrogen) atoms. The average molecular weight is 413 g/mol. The van der Waals surface area contributed by atoms with Crippen LogP contribution in [0.25, 0.3) is 10.9 Å². The number of aromatic nitrogens is 2. The van der Waals surface area contributed by atoms with Crippen LogP contribution >= 0.6 is 0 Å². The Hall–Kier alpha value is -3.56. The van der Waals surface area contributed by atoms with E-state index >= 15 is 0 Å². The van der Waals surface area contributed by atoms with Crippen LogP contribution in [0.4, 0.5) is 5.69 Å². The van der Waals surface area contributed by atoms with Crippen molar-refractivity contribution in [2.45, 2.75) is 51.5 Å². The van der Waals surface area contributed by atoms with Crippen molar-refractivity contribution in [3.63, 3.8) is 0 Å². The molecular weight excluding hydrogens is 390 g/mol. The fourth-order valence-electron chi connectivity index (χ4n) is 3.55. The van der Waals surface area contributed by atoms with Crippen LogP contribution in [0.1, 0.15) is 50.4 Å². The molecule has 4 N–H and O–H groups in total. The van der Waals surface area contributed by atoms with E-state index < -0.39 is 23.4 Å². The molecule has 10 nitrogen and oxygen atoms in total. The Bertz CT molecular complexity index is 1090. The molecule has 4 amide bonds. The van der Waals surface area contributed by atoms with E-state index in [0.717, 1.165) is 0 Å². The SMILES string of the molecule is Cc1nc2cccc(NC(=O)CCCCC(N)=O)c2c(=O)n1C1CCC(=O)NC1=O. The normalized spacial score (nSPS) is 16.4. The summed E-state index contributed by atoms with van der Waals surface area (Å²) in [4.78, 5) is 64.5. The fourth-order valence-corrected chi connectivity index (χ4v) is 3.55. The van der Waals surface area contributed by atoms with Gasteiger partial charge in [0.1, 0.15) is 11.9 Å². The molecule has 1 aliphatic rings. The lowest BCUT2D eigenvalue weighted by Crippen LogP contribution is -2.45. The van der Waals surface area contributed by atoms with Crippen LogP contribution < -0.4 is 21.9 Å². The number of imide groups is 1. The van der Waals surface area contributed by atoms with Crippen molar-refractivity contribution in [1.29, 1.82) is 0 Å². The van der Waals surface area contributed by atoms with E-state index in [0.29, 0.717) is 29.9 Å². The van der Waals surface area contributed by atoms with E-state index in [1.54, 1.807) is 25.1 Å². The van der Waals surface area contributed by atoms with E-state index in [4.69, 9.17) is 5.73 Å². The minimum absolute atomic E-state index is 0.129. The van der Waals surface area contributed by atoms with Crippen LogP contribution in [-0.4, -0.2) is 33.2 Å². The highest BCUT2D eigenvalue weighted by atomic mass is 16.2. The number of nitrogens with two attached hydrogens (primary N) is 1. The highest BCUT2D eigenvalue weighted by Gasteiger charge is 2.30. The molecule has 0 spiro atoms. The summed E-state index contributed by atoms with van der Waals surface area (Å²) in [5.41, 5.74) is 5.32. The van der Waals surface area contributed by atoms with Gasteiger partial charge in [-0.05, 0) is 38.3 Å². The van der Waals surface area contributed by atoms with Gasteiger partial charge in [0, 0.05) is 19.3 Å². The third-order valence-corrected chi connectivity index (χ3v) is 4.98. The number of aryl methyl sites for hydroxylation is 1. The molecule has 2 aromatic rings. The van der Waals surface area contributed by atoms with Gasteiger partial charge in [0.15, 0.2) is 0 Å². The standard InChI is InChI=1S/C20H23N5O5/c1-11-22-12-5-4-6-13(23-16(27)8-3-2-7-15(21)26)18(12)20(30)25(11)14-9-10-17(28)24-19(14)29/h4-6,14H,2-3,7-10H2,1H3,(H2,21,26)(H,23,27)(H,24,28,29). The topological polar surface area (TPSA) is 153 Å². The number of benzene rings is 1. The van der Waals surface area contributed by atoms with Crippen molar-refractivity contribution in [2.75, 3.05) is 5.32 Å². The van der Waals surface area contributed by atoms with Gasteiger partial charge >= 0.3 is 0 Å². The van der Waals surface area contributed by atoms with Crippen molar-refractivity contribution in [1.82, 2.24) is 14.9 Å². The van der Waals surface area contributed by atoms with Crippen molar-refractivity contribution in [3.05, 3.63) is 34.4 Å². The second kappa shape index (κ2) is 8.85. The van der Waals surface area contributed by atoms with Gasteiger partial charge in [-0.25, -0.2) is 4.98 Å². The quantitative estimate of drug-likeness (QED) is 0.448. The van der Waals surface area contributed by atoms with Gasteiger partial charge in [-0.2, -0.15) is 0 Å². The first-order chi connectivity index (χ1) is 14.3. The maximum Gasteiger partial charge on any atom is 0.264 e. The summed E-state index contributed by atoms with van der Waals surface area (Å²) >= 11 is 0. The largest absolute Gasteiger partial charge is 0.370 e. The van der Waals surface area contributed by atoms with Crippen LogP contribution in [0.15, 0.2) is 23.0 Å². The Morgan fingerprint density at radius 2 is 1.97 bits per heavy atom. The highest BCUT2D eigenvalue weighted by Crippen LogP contribution is 2.23. The fraction of sp³-hybridized carbons (Fsp3) is 0.400. The van der Waals surface area contributed by atoms with Crippen LogP contribution in [0.5, 0.6) is 0 Å². The number of unbranched alkanes of at least 4 members (excludes halogenated alkanes) is 1. The third-order valence-electron chi connectivity index (χ3n) is 4.98. The number of amides is 4. The first-order valence-electron chi connectivity index (χ1n) is 9.71. The number of hydrogen-bond donors (Lipinski definition) is 3. The number of anilines is 1. The predicted octanol–water partition coefficient (Wildman–Crippen LogP) is 0.667. The number of piperidine rings is 1. The number of carbonyl (C=O) groups is 4. The maximum absolute atomic E-state index is 13.3.